The van der Waals surface area contributed by atoms with Crippen molar-refractivity contribution in [3.63, 3.8) is 0 Å². The molecule has 3 heteroatoms. The molecule has 2 aliphatic rings. The van der Waals surface area contributed by atoms with Gasteiger partial charge in [0.05, 0.1) is 0 Å². The van der Waals surface area contributed by atoms with Crippen molar-refractivity contribution >= 4 is 0 Å². The van der Waals surface area contributed by atoms with Crippen LogP contribution in [0, 0.1) is 0 Å². The topological polar surface area (TPSA) is 43.8 Å². The van der Waals surface area contributed by atoms with Crippen molar-refractivity contribution in [3.05, 3.63) is 17.7 Å². The number of nitrogens with zero attached hydrogens (tertiary/aromatic N) is 2. The van der Waals surface area contributed by atoms with Gasteiger partial charge in [-0.3, -0.25) is 0 Å². The quantitative estimate of drug-likeness (QED) is 0.820. The summed E-state index contributed by atoms with van der Waals surface area (Å²) < 4.78 is 2.47. The summed E-state index contributed by atoms with van der Waals surface area (Å²) in [5, 5.41) is 0. The highest BCUT2D eigenvalue weighted by atomic mass is 15.1. The van der Waals surface area contributed by atoms with Crippen LogP contribution < -0.4 is 5.73 Å². The van der Waals surface area contributed by atoms with Crippen LogP contribution in [0.3, 0.4) is 0 Å². The molecule has 1 aliphatic carbocycles. The van der Waals surface area contributed by atoms with Gasteiger partial charge < -0.3 is 10.3 Å². The molecule has 1 aromatic rings. The number of nitrogens with two attached hydrogens (primary N) is 1. The fraction of sp³-hybridized carbons (Fsp3) is 0.750. The van der Waals surface area contributed by atoms with E-state index >= 15 is 0 Å². The lowest BCUT2D eigenvalue weighted by Crippen LogP contribution is -2.19. The van der Waals surface area contributed by atoms with Crippen LogP contribution >= 0.6 is 0 Å². The molecule has 3 nitrogen and oxygen atoms in total. The van der Waals surface area contributed by atoms with E-state index in [1.165, 1.54) is 43.7 Å². The fourth-order valence-corrected chi connectivity index (χ4v) is 2.78. The number of hydrogen-bond acceptors (Lipinski definition) is 2. The molecule has 2 N–H and O–H groups in total. The predicted octanol–water partition coefficient (Wildman–Crippen LogP) is 1.99. The van der Waals surface area contributed by atoms with Crippen LogP contribution in [0.15, 0.2) is 6.20 Å². The third kappa shape index (κ3) is 1.59. The molecule has 0 amide bonds. The number of fused-ring (bicyclic) bond motifs is 1. The Morgan fingerprint density at radius 1 is 1.40 bits per heavy atom. The molecular weight excluding hydrogens is 186 g/mol. The monoisotopic (exact) mass is 205 g/mol. The maximum Gasteiger partial charge on any atom is 0.111 e. The fourth-order valence-electron chi connectivity index (χ4n) is 2.78. The van der Waals surface area contributed by atoms with E-state index in [4.69, 9.17) is 5.73 Å². The minimum Gasteiger partial charge on any atom is -0.332 e. The highest BCUT2D eigenvalue weighted by Crippen LogP contribution is 2.42. The van der Waals surface area contributed by atoms with Gasteiger partial charge >= 0.3 is 0 Å². The molecule has 1 fully saturated rings. The normalized spacial score (nSPS) is 25.3. The van der Waals surface area contributed by atoms with E-state index < -0.39 is 0 Å². The summed E-state index contributed by atoms with van der Waals surface area (Å²) in [6.45, 7) is 1.98. The zero-order valence-electron chi connectivity index (χ0n) is 9.15. The maximum atomic E-state index is 5.67. The van der Waals surface area contributed by atoms with Gasteiger partial charge in [0.25, 0.3) is 0 Å². The van der Waals surface area contributed by atoms with E-state index in [0.29, 0.717) is 5.92 Å². The van der Waals surface area contributed by atoms with Crippen molar-refractivity contribution < 1.29 is 0 Å². The summed E-state index contributed by atoms with van der Waals surface area (Å²) in [6.07, 6.45) is 8.51. The molecular formula is C12H19N3. The highest BCUT2D eigenvalue weighted by molar-refractivity contribution is 5.18. The van der Waals surface area contributed by atoms with Gasteiger partial charge in [0.2, 0.25) is 0 Å². The molecule has 1 unspecified atom stereocenters. The summed E-state index contributed by atoms with van der Waals surface area (Å²) in [5.74, 6) is 2.80. The summed E-state index contributed by atoms with van der Waals surface area (Å²) in [4.78, 5) is 4.61. The van der Waals surface area contributed by atoms with E-state index in [0.717, 1.165) is 18.9 Å². The Morgan fingerprint density at radius 3 is 3.00 bits per heavy atom. The lowest BCUT2D eigenvalue weighted by molar-refractivity contribution is 0.430. The second-order valence-corrected chi connectivity index (χ2v) is 4.88. The van der Waals surface area contributed by atoms with Crippen molar-refractivity contribution in [2.75, 3.05) is 6.54 Å². The second-order valence-electron chi connectivity index (χ2n) is 4.88. The molecule has 1 saturated carbocycles. The smallest absolute Gasteiger partial charge is 0.111 e. The van der Waals surface area contributed by atoms with Crippen molar-refractivity contribution in [3.8, 4) is 0 Å². The van der Waals surface area contributed by atoms with Crippen LogP contribution in [-0.4, -0.2) is 16.1 Å². The van der Waals surface area contributed by atoms with Gasteiger partial charge in [0.15, 0.2) is 0 Å². The summed E-state index contributed by atoms with van der Waals surface area (Å²) in [6, 6.07) is 0. The Bertz CT molecular complexity index is 352. The maximum absolute atomic E-state index is 5.67. The van der Waals surface area contributed by atoms with Gasteiger partial charge in [-0.1, -0.05) is 0 Å². The summed E-state index contributed by atoms with van der Waals surface area (Å²) in [7, 11) is 0. The molecule has 0 spiro atoms. The van der Waals surface area contributed by atoms with Gasteiger partial charge in [0.1, 0.15) is 5.82 Å². The molecule has 1 aliphatic heterocycles. The Labute approximate surface area is 90.7 Å². The van der Waals surface area contributed by atoms with Gasteiger partial charge in [-0.25, -0.2) is 4.98 Å². The Hall–Kier alpha value is -0.830. The van der Waals surface area contributed by atoms with Crippen LogP contribution in [0.4, 0.5) is 0 Å². The van der Waals surface area contributed by atoms with Gasteiger partial charge in [-0.2, -0.15) is 0 Å². The number of hydrogen-bond donors (Lipinski definition) is 1. The molecule has 15 heavy (non-hydrogen) atoms. The van der Waals surface area contributed by atoms with Crippen molar-refractivity contribution in [1.82, 2.24) is 9.55 Å². The molecule has 82 valence electrons. The van der Waals surface area contributed by atoms with E-state index in [-0.39, 0.29) is 0 Å². The van der Waals surface area contributed by atoms with E-state index in [9.17, 15) is 0 Å². The summed E-state index contributed by atoms with van der Waals surface area (Å²) in [5.41, 5.74) is 7.12. The second kappa shape index (κ2) is 3.63. The number of imidazole rings is 1. The van der Waals surface area contributed by atoms with Gasteiger partial charge in [-0.05, 0) is 38.6 Å². The minimum absolute atomic E-state index is 0.670. The van der Waals surface area contributed by atoms with Crippen LogP contribution in [-0.2, 0) is 6.54 Å². The Kier molecular flexibility index (Phi) is 2.28. The highest BCUT2D eigenvalue weighted by Gasteiger charge is 2.31. The molecule has 2 heterocycles. The van der Waals surface area contributed by atoms with Crippen LogP contribution in [0.25, 0.3) is 0 Å². The molecule has 0 radical (unpaired) electrons. The predicted molar refractivity (Wildman–Crippen MR) is 59.8 cm³/mol. The van der Waals surface area contributed by atoms with E-state index in [1.807, 2.05) is 0 Å². The zero-order valence-corrected chi connectivity index (χ0v) is 9.15. The lowest BCUT2D eigenvalue weighted by atomic mass is 9.93. The van der Waals surface area contributed by atoms with Crippen molar-refractivity contribution in [2.45, 2.75) is 50.5 Å². The molecule has 1 aromatic heterocycles. The van der Waals surface area contributed by atoms with Crippen LogP contribution in [0.2, 0.25) is 0 Å². The number of rotatable bonds is 3. The average Bonchev–Trinajstić information content (AvgIpc) is 3.00. The molecule has 0 aromatic carbocycles. The van der Waals surface area contributed by atoms with E-state index in [1.54, 1.807) is 0 Å². The van der Waals surface area contributed by atoms with Crippen LogP contribution in [0.5, 0.6) is 0 Å². The Morgan fingerprint density at radius 2 is 2.27 bits per heavy atom. The average molecular weight is 205 g/mol. The van der Waals surface area contributed by atoms with Crippen molar-refractivity contribution in [2.24, 2.45) is 5.73 Å². The lowest BCUT2D eigenvalue weighted by Gasteiger charge is -2.24. The number of aromatic nitrogens is 2. The Balaban J connectivity index is 1.91. The first-order chi connectivity index (χ1) is 7.40. The first-order valence-electron chi connectivity index (χ1n) is 6.15. The van der Waals surface area contributed by atoms with Crippen molar-refractivity contribution in [1.29, 1.82) is 0 Å². The summed E-state index contributed by atoms with van der Waals surface area (Å²) >= 11 is 0. The first kappa shape index (κ1) is 9.40. The first-order valence-corrected chi connectivity index (χ1v) is 6.15. The molecule has 3 rings (SSSR count). The van der Waals surface area contributed by atoms with E-state index in [2.05, 4.69) is 15.7 Å². The minimum atomic E-state index is 0.670. The largest absolute Gasteiger partial charge is 0.332 e. The third-order valence-electron chi connectivity index (χ3n) is 3.73. The zero-order chi connectivity index (χ0) is 10.3. The van der Waals surface area contributed by atoms with Gasteiger partial charge in [-0.15, -0.1) is 0 Å². The van der Waals surface area contributed by atoms with Gasteiger partial charge in [0, 0.05) is 30.3 Å². The molecule has 0 saturated heterocycles. The molecule has 1 atom stereocenters. The SMILES string of the molecule is NCCC1CCCn2c1cnc2C1CC1. The third-order valence-corrected chi connectivity index (χ3v) is 3.73. The standard InChI is InChI=1S/C12H19N3/c13-6-5-9-2-1-7-15-11(9)8-14-12(15)10-3-4-10/h8-10H,1-7,13H2. The molecule has 0 bridgehead atoms. The van der Waals surface area contributed by atoms with Crippen LogP contribution in [0.1, 0.15) is 55.5 Å².